The summed E-state index contributed by atoms with van der Waals surface area (Å²) in [6, 6.07) is 8.63. The number of aryl methyl sites for hydroxylation is 2. The minimum Gasteiger partial charge on any atom is -0.401 e. The number of hydrogen-bond donors (Lipinski definition) is 3. The number of aliphatic imine (C=N–C) groups is 1. The minimum absolute atomic E-state index is 0.0187. The summed E-state index contributed by atoms with van der Waals surface area (Å²) >= 11 is 0. The first-order valence-electron chi connectivity index (χ1n) is 23.2. The molecule has 9 rings (SSSR count). The van der Waals surface area contributed by atoms with Crippen molar-refractivity contribution in [3.05, 3.63) is 81.8 Å². The molecule has 1 aliphatic carbocycles. The molecule has 0 saturated carbocycles. The zero-order chi connectivity index (χ0) is 45.4. The molecule has 4 amide bonds. The van der Waals surface area contributed by atoms with Gasteiger partial charge in [-0.1, -0.05) is 12.1 Å². The normalized spacial score (nSPS) is 25.0. The molecule has 65 heavy (non-hydrogen) atoms. The monoisotopic (exact) mass is 894 g/mol. The maximum atomic E-state index is 14.6. The summed E-state index contributed by atoms with van der Waals surface area (Å²) in [6.45, 7) is 9.36. The molecule has 4 N–H and O–H groups in total. The number of imide groups is 1. The van der Waals surface area contributed by atoms with Gasteiger partial charge in [0, 0.05) is 149 Å². The number of rotatable bonds is 11. The van der Waals surface area contributed by atoms with E-state index in [1.165, 1.54) is 0 Å². The highest BCUT2D eigenvalue weighted by atomic mass is 19.3. The van der Waals surface area contributed by atoms with Crippen molar-refractivity contribution in [2.45, 2.75) is 95.4 Å². The Morgan fingerprint density at radius 3 is 2.57 bits per heavy atom. The molecular formula is C48H60F2N10O5. The number of allylic oxidation sites excluding steroid dienone is 1. The molecule has 5 aliphatic heterocycles. The van der Waals surface area contributed by atoms with Gasteiger partial charge in [0.05, 0.1) is 24.9 Å². The van der Waals surface area contributed by atoms with E-state index in [2.05, 4.69) is 25.5 Å². The molecule has 0 spiro atoms. The van der Waals surface area contributed by atoms with Crippen LogP contribution in [0.25, 0.3) is 11.1 Å². The molecule has 1 aromatic heterocycles. The Balaban J connectivity index is 0.804. The zero-order valence-corrected chi connectivity index (χ0v) is 37.4. The first-order chi connectivity index (χ1) is 31.4. The molecule has 3 atom stereocenters. The van der Waals surface area contributed by atoms with E-state index >= 15 is 0 Å². The number of aromatic nitrogens is 2. The second-order valence-electron chi connectivity index (χ2n) is 18.5. The number of morpholine rings is 1. The Morgan fingerprint density at radius 1 is 1.00 bits per heavy atom. The third kappa shape index (κ3) is 9.59. The van der Waals surface area contributed by atoms with Gasteiger partial charge in [0.25, 0.3) is 12.3 Å². The number of nitrogens with two attached hydrogens (primary N) is 1. The van der Waals surface area contributed by atoms with Crippen LogP contribution >= 0.6 is 0 Å². The van der Waals surface area contributed by atoms with Gasteiger partial charge < -0.3 is 30.5 Å². The number of piperidine rings is 3. The summed E-state index contributed by atoms with van der Waals surface area (Å²) in [6.07, 6.45) is 6.07. The number of alkyl halides is 2. The zero-order valence-electron chi connectivity index (χ0n) is 37.4. The van der Waals surface area contributed by atoms with Crippen molar-refractivity contribution in [1.29, 1.82) is 0 Å². The van der Waals surface area contributed by atoms with Crippen molar-refractivity contribution in [2.75, 3.05) is 70.8 Å². The number of ether oxygens (including phenoxy) is 1. The quantitative estimate of drug-likeness (QED) is 0.235. The number of benzene rings is 2. The smallest absolute Gasteiger partial charge is 0.264 e. The number of carbonyl (C=O) groups excluding carboxylic acids is 4. The second-order valence-corrected chi connectivity index (χ2v) is 18.5. The van der Waals surface area contributed by atoms with Crippen LogP contribution in [0, 0.1) is 0 Å². The van der Waals surface area contributed by atoms with Crippen LogP contribution in [0.5, 0.6) is 0 Å². The summed E-state index contributed by atoms with van der Waals surface area (Å²) in [7, 11) is 1.78. The fourth-order valence-electron chi connectivity index (χ4n) is 10.7. The Labute approximate surface area is 378 Å². The molecule has 346 valence electrons. The van der Waals surface area contributed by atoms with Crippen molar-refractivity contribution in [1.82, 2.24) is 34.7 Å². The average Bonchev–Trinajstić information content (AvgIpc) is 3.89. The lowest BCUT2D eigenvalue weighted by molar-refractivity contribution is -0.137. The van der Waals surface area contributed by atoms with Crippen molar-refractivity contribution in [3.8, 4) is 11.1 Å². The van der Waals surface area contributed by atoms with E-state index in [0.29, 0.717) is 68.0 Å². The Kier molecular flexibility index (Phi) is 13.2. The number of nitrogens with zero attached hydrogens (tertiary/aromatic N) is 7. The van der Waals surface area contributed by atoms with Crippen LogP contribution in [0.4, 0.5) is 14.5 Å². The molecule has 3 unspecified atom stereocenters. The van der Waals surface area contributed by atoms with E-state index < -0.39 is 18.4 Å². The van der Waals surface area contributed by atoms with Crippen LogP contribution in [0.3, 0.4) is 0 Å². The van der Waals surface area contributed by atoms with Crippen LogP contribution in [0.2, 0.25) is 0 Å². The van der Waals surface area contributed by atoms with Crippen LogP contribution in [0.1, 0.15) is 96.8 Å². The van der Waals surface area contributed by atoms with Gasteiger partial charge in [0.2, 0.25) is 17.7 Å². The standard InChI is InChI=1S/C48H60F2N10O5/c1-29(61)59-16-13-42(40(27-59)45(51)34-6-3-5-30-21-36(31-23-53-56(2)25-31)38(46(49)50)22-37(30)34)54-32-11-14-57(15-12-32)17-18-58-19-20-65-33(26-58)24-52-41-8-4-7-35-39(41)28-60(48(35)64)43-9-10-44(62)55-47(43)63/h4,7-8,21-23,25,32-34,43,46,52H,3,5-6,9-20,24,26-28,51H2,1-2H3,(H,55,62,63). The van der Waals surface area contributed by atoms with Crippen molar-refractivity contribution < 1.29 is 32.7 Å². The van der Waals surface area contributed by atoms with E-state index in [0.717, 1.165) is 105 Å². The maximum Gasteiger partial charge on any atom is 0.264 e. The third-order valence-corrected chi connectivity index (χ3v) is 14.3. The number of halogens is 2. The lowest BCUT2D eigenvalue weighted by Crippen LogP contribution is -2.52. The first-order valence-corrected chi connectivity index (χ1v) is 23.2. The second kappa shape index (κ2) is 19.1. The Morgan fingerprint density at radius 2 is 1.82 bits per heavy atom. The lowest BCUT2D eigenvalue weighted by atomic mass is 9.77. The number of likely N-dealkylation sites (tertiary alicyclic amines) is 2. The topological polar surface area (TPSA) is 171 Å². The van der Waals surface area contributed by atoms with Crippen molar-refractivity contribution in [2.24, 2.45) is 17.8 Å². The molecule has 4 saturated heterocycles. The average molecular weight is 895 g/mol. The van der Waals surface area contributed by atoms with Gasteiger partial charge in [0.15, 0.2) is 0 Å². The number of amides is 4. The fourth-order valence-corrected chi connectivity index (χ4v) is 10.7. The number of carbonyl (C=O) groups is 4. The number of fused-ring (bicyclic) bond motifs is 2. The van der Waals surface area contributed by atoms with Crippen LogP contribution in [-0.2, 0) is 39.1 Å². The van der Waals surface area contributed by atoms with Gasteiger partial charge in [-0.3, -0.25) is 39.1 Å². The number of nitrogens with one attached hydrogen (secondary N) is 2. The van der Waals surface area contributed by atoms with E-state index in [1.54, 1.807) is 48.1 Å². The molecule has 6 heterocycles. The maximum absolute atomic E-state index is 14.6. The third-order valence-electron chi connectivity index (χ3n) is 14.3. The highest BCUT2D eigenvalue weighted by Gasteiger charge is 2.40. The van der Waals surface area contributed by atoms with E-state index in [4.69, 9.17) is 15.5 Å². The molecule has 15 nitrogen and oxygen atoms in total. The van der Waals surface area contributed by atoms with Gasteiger partial charge in [-0.15, -0.1) is 0 Å². The predicted octanol–water partition coefficient (Wildman–Crippen LogP) is 4.39. The van der Waals surface area contributed by atoms with Crippen LogP contribution in [0.15, 0.2) is 59.0 Å². The molecule has 4 fully saturated rings. The highest BCUT2D eigenvalue weighted by molar-refractivity contribution is 6.06. The summed E-state index contributed by atoms with van der Waals surface area (Å²) in [5.41, 5.74) is 14.9. The largest absolute Gasteiger partial charge is 0.401 e. The molecule has 3 aromatic rings. The highest BCUT2D eigenvalue weighted by Crippen LogP contribution is 2.43. The van der Waals surface area contributed by atoms with Gasteiger partial charge in [-0.25, -0.2) is 8.78 Å². The van der Waals surface area contributed by atoms with Crippen LogP contribution < -0.4 is 16.4 Å². The van der Waals surface area contributed by atoms with E-state index in [1.807, 2.05) is 23.1 Å². The van der Waals surface area contributed by atoms with Gasteiger partial charge >= 0.3 is 0 Å². The molecular weight excluding hydrogens is 835 g/mol. The molecule has 0 bridgehead atoms. The minimum atomic E-state index is -2.66. The van der Waals surface area contributed by atoms with Gasteiger partial charge in [-0.2, -0.15) is 5.10 Å². The first kappa shape index (κ1) is 44.7. The summed E-state index contributed by atoms with van der Waals surface area (Å²) in [5, 5.41) is 10.1. The molecule has 0 radical (unpaired) electrons. The fraction of sp³-hybridized carbons (Fsp3) is 0.542. The molecule has 2 aromatic carbocycles. The van der Waals surface area contributed by atoms with E-state index in [-0.39, 0.29) is 47.8 Å². The Bertz CT molecular complexity index is 2390. The lowest BCUT2D eigenvalue weighted by Gasteiger charge is -2.37. The number of anilines is 1. The number of hydrogen-bond acceptors (Lipinski definition) is 11. The van der Waals surface area contributed by atoms with Gasteiger partial charge in [0.1, 0.15) is 6.04 Å². The van der Waals surface area contributed by atoms with Gasteiger partial charge in [-0.05, 0) is 73.4 Å². The summed E-state index contributed by atoms with van der Waals surface area (Å²) in [5.74, 6) is -1.18. The van der Waals surface area contributed by atoms with Crippen molar-refractivity contribution in [3.63, 3.8) is 0 Å². The molecule has 6 aliphatic rings. The van der Waals surface area contributed by atoms with Crippen LogP contribution in [-0.4, -0.2) is 142 Å². The SMILES string of the molecule is CC(=O)N1CCC(=NC2CCN(CCN3CCOC(CNc4cccc5c4CN(C4CCC(=O)NC4=O)C5=O)C3)CC2)C(=C(N)C2CCCc3cc(-c4cnn(C)c4)c(C(F)F)cc32)C1. The van der Waals surface area contributed by atoms with E-state index in [9.17, 15) is 28.0 Å². The Hall–Kier alpha value is -5.52. The summed E-state index contributed by atoms with van der Waals surface area (Å²) in [4.78, 5) is 63.9. The van der Waals surface area contributed by atoms with Crippen molar-refractivity contribution >= 4 is 35.0 Å². The summed E-state index contributed by atoms with van der Waals surface area (Å²) < 4.78 is 37.1. The predicted molar refractivity (Wildman–Crippen MR) is 241 cm³/mol. The molecule has 17 heteroatoms.